The Balaban J connectivity index is 2.11. The molecule has 0 heterocycles. The van der Waals surface area contributed by atoms with Crippen molar-refractivity contribution >= 4 is 35.2 Å². The Labute approximate surface area is 189 Å². The molecule has 2 aromatic rings. The van der Waals surface area contributed by atoms with Crippen LogP contribution >= 0.6 is 23.4 Å². The van der Waals surface area contributed by atoms with Crippen LogP contribution in [0.4, 0.5) is 0 Å². The number of aryl methyl sites for hydroxylation is 1. The van der Waals surface area contributed by atoms with Crippen molar-refractivity contribution in [2.75, 3.05) is 5.75 Å². The molecular weight excluding hydrogens is 416 g/mol. The highest BCUT2D eigenvalue weighted by Gasteiger charge is 2.28. The van der Waals surface area contributed by atoms with E-state index in [0.29, 0.717) is 23.7 Å². The molecule has 0 fully saturated rings. The summed E-state index contributed by atoms with van der Waals surface area (Å²) in [5.74, 6) is 0.939. The van der Waals surface area contributed by atoms with Crippen LogP contribution in [-0.2, 0) is 21.9 Å². The van der Waals surface area contributed by atoms with Gasteiger partial charge in [0.1, 0.15) is 6.04 Å². The summed E-state index contributed by atoms with van der Waals surface area (Å²) in [5.41, 5.74) is 3.36. The van der Waals surface area contributed by atoms with Gasteiger partial charge in [-0.3, -0.25) is 9.59 Å². The molecule has 1 atom stereocenters. The number of hydrogen-bond donors (Lipinski definition) is 1. The Bertz CT molecular complexity index is 822. The van der Waals surface area contributed by atoms with Crippen molar-refractivity contribution < 1.29 is 9.59 Å². The number of carbonyl (C=O) groups is 2. The molecule has 0 aliphatic rings. The lowest BCUT2D eigenvalue weighted by Crippen LogP contribution is -2.50. The van der Waals surface area contributed by atoms with Gasteiger partial charge in [0.2, 0.25) is 11.8 Å². The molecule has 162 valence electrons. The van der Waals surface area contributed by atoms with Gasteiger partial charge in [0.05, 0.1) is 5.75 Å². The summed E-state index contributed by atoms with van der Waals surface area (Å²) >= 11 is 7.57. The third-order valence-corrected chi connectivity index (χ3v) is 5.94. The second-order valence-corrected chi connectivity index (χ2v) is 9.14. The summed E-state index contributed by atoms with van der Waals surface area (Å²) in [6.45, 7) is 8.22. The molecule has 2 amide bonds. The molecule has 30 heavy (non-hydrogen) atoms. The highest BCUT2D eigenvalue weighted by Crippen LogP contribution is 2.19. The van der Waals surface area contributed by atoms with Crippen molar-refractivity contribution in [1.29, 1.82) is 0 Å². The van der Waals surface area contributed by atoms with E-state index in [0.717, 1.165) is 11.3 Å². The average Bonchev–Trinajstić information content (AvgIpc) is 2.70. The molecule has 0 radical (unpaired) electrons. The molecule has 2 rings (SSSR count). The van der Waals surface area contributed by atoms with Crippen LogP contribution in [0.2, 0.25) is 5.02 Å². The number of amides is 2. The largest absolute Gasteiger partial charge is 0.352 e. The Hall–Kier alpha value is -1.98. The number of hydrogen-bond acceptors (Lipinski definition) is 3. The number of rotatable bonds is 10. The first-order chi connectivity index (χ1) is 14.3. The summed E-state index contributed by atoms with van der Waals surface area (Å²) in [5, 5.41) is 3.60. The van der Waals surface area contributed by atoms with Crippen LogP contribution in [0, 0.1) is 6.92 Å². The number of nitrogens with zero attached hydrogens (tertiary/aromatic N) is 1. The van der Waals surface area contributed by atoms with Crippen molar-refractivity contribution in [3.8, 4) is 0 Å². The zero-order valence-corrected chi connectivity index (χ0v) is 19.7. The van der Waals surface area contributed by atoms with Gasteiger partial charge in [-0.05, 0) is 50.5 Å². The van der Waals surface area contributed by atoms with E-state index in [1.807, 2.05) is 32.9 Å². The summed E-state index contributed by atoms with van der Waals surface area (Å²) in [4.78, 5) is 27.6. The van der Waals surface area contributed by atoms with Gasteiger partial charge >= 0.3 is 0 Å². The van der Waals surface area contributed by atoms with Gasteiger partial charge in [-0.2, -0.15) is 0 Å². The third-order valence-electron chi connectivity index (χ3n) is 4.70. The normalized spacial score (nSPS) is 11.9. The first-order valence-corrected chi connectivity index (χ1v) is 11.8. The third kappa shape index (κ3) is 7.69. The molecule has 4 nitrogen and oxygen atoms in total. The minimum absolute atomic E-state index is 0.0231. The summed E-state index contributed by atoms with van der Waals surface area (Å²) in [7, 11) is 0. The monoisotopic (exact) mass is 446 g/mol. The van der Waals surface area contributed by atoms with Crippen LogP contribution in [0.5, 0.6) is 0 Å². The number of carbonyl (C=O) groups excluding carboxylic acids is 2. The molecule has 0 saturated carbocycles. The maximum absolute atomic E-state index is 13.1. The molecule has 0 saturated heterocycles. The maximum Gasteiger partial charge on any atom is 0.243 e. The molecule has 0 aromatic heterocycles. The van der Waals surface area contributed by atoms with Crippen molar-refractivity contribution in [1.82, 2.24) is 10.2 Å². The van der Waals surface area contributed by atoms with Gasteiger partial charge in [-0.1, -0.05) is 60.5 Å². The Morgan fingerprint density at radius 1 is 1.03 bits per heavy atom. The molecule has 0 bridgehead atoms. The van der Waals surface area contributed by atoms with Crippen LogP contribution in [0.1, 0.15) is 43.9 Å². The molecular formula is C24H31ClN2O2S. The van der Waals surface area contributed by atoms with Crippen LogP contribution in [-0.4, -0.2) is 34.6 Å². The van der Waals surface area contributed by atoms with Gasteiger partial charge in [-0.15, -0.1) is 11.8 Å². The zero-order chi connectivity index (χ0) is 22.1. The maximum atomic E-state index is 13.1. The highest BCUT2D eigenvalue weighted by molar-refractivity contribution is 7.99. The van der Waals surface area contributed by atoms with E-state index in [2.05, 4.69) is 36.5 Å². The van der Waals surface area contributed by atoms with Gasteiger partial charge in [0, 0.05) is 23.4 Å². The molecule has 0 aliphatic carbocycles. The van der Waals surface area contributed by atoms with Gasteiger partial charge < -0.3 is 10.2 Å². The second kappa shape index (κ2) is 12.0. The Morgan fingerprint density at radius 2 is 1.63 bits per heavy atom. The van der Waals surface area contributed by atoms with Crippen molar-refractivity contribution in [2.45, 2.75) is 58.5 Å². The van der Waals surface area contributed by atoms with E-state index >= 15 is 0 Å². The van der Waals surface area contributed by atoms with Gasteiger partial charge in [0.25, 0.3) is 0 Å². The Morgan fingerprint density at radius 3 is 2.20 bits per heavy atom. The molecule has 0 unspecified atom stereocenters. The molecule has 1 N–H and O–H groups in total. The lowest BCUT2D eigenvalue weighted by molar-refractivity contribution is -0.139. The fraction of sp³-hybridized carbons (Fsp3) is 0.417. The Kier molecular flexibility index (Phi) is 9.73. The number of thioether (sulfide) groups is 1. The summed E-state index contributed by atoms with van der Waals surface area (Å²) < 4.78 is 0. The highest BCUT2D eigenvalue weighted by atomic mass is 35.5. The van der Waals surface area contributed by atoms with Gasteiger partial charge in [0.15, 0.2) is 0 Å². The van der Waals surface area contributed by atoms with E-state index in [4.69, 9.17) is 11.6 Å². The fourth-order valence-corrected chi connectivity index (χ4v) is 4.11. The first-order valence-electron chi connectivity index (χ1n) is 10.3. The topological polar surface area (TPSA) is 49.4 Å². The van der Waals surface area contributed by atoms with Crippen molar-refractivity contribution in [3.63, 3.8) is 0 Å². The molecule has 0 spiro atoms. The van der Waals surface area contributed by atoms with E-state index in [1.54, 1.807) is 28.8 Å². The molecule has 2 aromatic carbocycles. The minimum atomic E-state index is -0.504. The summed E-state index contributed by atoms with van der Waals surface area (Å²) in [6.07, 6.45) is 0.556. The van der Waals surface area contributed by atoms with Crippen molar-refractivity contribution in [2.24, 2.45) is 0 Å². The van der Waals surface area contributed by atoms with E-state index in [-0.39, 0.29) is 17.9 Å². The number of benzene rings is 2. The second-order valence-electron chi connectivity index (χ2n) is 7.71. The van der Waals surface area contributed by atoms with E-state index < -0.39 is 6.04 Å². The van der Waals surface area contributed by atoms with E-state index in [9.17, 15) is 9.59 Å². The fourth-order valence-electron chi connectivity index (χ4n) is 3.11. The molecule has 6 heteroatoms. The standard InChI is InChI=1S/C24H31ClN2O2S/c1-5-22(24(29)26-17(2)3)27(14-19-10-12-21(25)13-11-19)23(28)16-30-15-20-8-6-18(4)7-9-20/h6-13,17,22H,5,14-16H2,1-4H3,(H,26,29)/t22-/m0/s1. The van der Waals surface area contributed by atoms with E-state index in [1.165, 1.54) is 11.1 Å². The lowest BCUT2D eigenvalue weighted by atomic mass is 10.1. The SMILES string of the molecule is CC[C@@H](C(=O)NC(C)C)N(Cc1ccc(Cl)cc1)C(=O)CSCc1ccc(C)cc1. The minimum Gasteiger partial charge on any atom is -0.352 e. The van der Waals surface area contributed by atoms with Crippen molar-refractivity contribution in [3.05, 3.63) is 70.2 Å². The van der Waals surface area contributed by atoms with Crippen LogP contribution < -0.4 is 5.32 Å². The predicted octanol–water partition coefficient (Wildman–Crippen LogP) is 5.21. The average molecular weight is 447 g/mol. The van der Waals surface area contributed by atoms with Crippen LogP contribution in [0.15, 0.2) is 48.5 Å². The summed E-state index contributed by atoms with van der Waals surface area (Å²) in [6, 6.07) is 15.3. The predicted molar refractivity (Wildman–Crippen MR) is 127 cm³/mol. The zero-order valence-electron chi connectivity index (χ0n) is 18.2. The number of halogens is 1. The smallest absolute Gasteiger partial charge is 0.243 e. The van der Waals surface area contributed by atoms with Crippen LogP contribution in [0.25, 0.3) is 0 Å². The van der Waals surface area contributed by atoms with Gasteiger partial charge in [-0.25, -0.2) is 0 Å². The van der Waals surface area contributed by atoms with Crippen LogP contribution in [0.3, 0.4) is 0 Å². The molecule has 0 aliphatic heterocycles. The number of nitrogens with one attached hydrogen (secondary N) is 1. The lowest BCUT2D eigenvalue weighted by Gasteiger charge is -2.31. The first kappa shape index (κ1) is 24.3. The quantitative estimate of drug-likeness (QED) is 0.544.